The van der Waals surface area contributed by atoms with E-state index in [0.29, 0.717) is 0 Å². The van der Waals surface area contributed by atoms with Crippen molar-refractivity contribution in [2.75, 3.05) is 18.0 Å². The first kappa shape index (κ1) is 13.5. The van der Waals surface area contributed by atoms with Crippen molar-refractivity contribution in [3.63, 3.8) is 0 Å². The number of hydrogen-bond donors (Lipinski definition) is 0. The second-order valence-corrected chi connectivity index (χ2v) is 6.35. The van der Waals surface area contributed by atoms with Crippen molar-refractivity contribution < 1.29 is 0 Å². The van der Waals surface area contributed by atoms with Gasteiger partial charge in [-0.2, -0.15) is 0 Å². The first-order valence-electron chi connectivity index (χ1n) is 7.62. The van der Waals surface area contributed by atoms with Crippen molar-refractivity contribution in [3.05, 3.63) is 54.0 Å². The third-order valence-corrected chi connectivity index (χ3v) is 4.89. The van der Waals surface area contributed by atoms with E-state index in [9.17, 15) is 0 Å². The Hall–Kier alpha value is -2.20. The Morgan fingerprint density at radius 3 is 2.45 bits per heavy atom. The van der Waals surface area contributed by atoms with Gasteiger partial charge in [0.25, 0.3) is 0 Å². The maximum Gasteiger partial charge on any atom is 0.142 e. The van der Waals surface area contributed by atoms with E-state index in [1.165, 1.54) is 37.2 Å². The van der Waals surface area contributed by atoms with Crippen LogP contribution in [0.3, 0.4) is 0 Å². The van der Waals surface area contributed by atoms with Crippen LogP contribution in [0.25, 0.3) is 22.0 Å². The van der Waals surface area contributed by atoms with Crippen LogP contribution in [-0.2, 0) is 0 Å². The van der Waals surface area contributed by atoms with E-state index in [2.05, 4.69) is 39.5 Å². The van der Waals surface area contributed by atoms with Gasteiger partial charge in [0.2, 0.25) is 0 Å². The Morgan fingerprint density at radius 1 is 0.909 bits per heavy atom. The van der Waals surface area contributed by atoms with E-state index in [1.807, 2.05) is 18.2 Å². The Balaban J connectivity index is 1.58. The summed E-state index contributed by atoms with van der Waals surface area (Å²) in [6.07, 6.45) is 4.42. The Labute approximate surface area is 134 Å². The normalized spacial score (nSPS) is 14.5. The van der Waals surface area contributed by atoms with E-state index in [4.69, 9.17) is 4.98 Å². The van der Waals surface area contributed by atoms with Gasteiger partial charge in [-0.15, -0.1) is 11.3 Å². The summed E-state index contributed by atoms with van der Waals surface area (Å²) in [5.74, 6) is 0. The quantitative estimate of drug-likeness (QED) is 0.715. The molecule has 3 heterocycles. The van der Waals surface area contributed by atoms with Gasteiger partial charge in [-0.25, -0.2) is 4.98 Å². The molecule has 110 valence electrons. The molecule has 1 aliphatic rings. The highest BCUT2D eigenvalue weighted by atomic mass is 32.1. The minimum atomic E-state index is 0.937. The predicted octanol–water partition coefficient (Wildman–Crippen LogP) is 4.47. The van der Waals surface area contributed by atoms with Gasteiger partial charge in [-0.1, -0.05) is 18.2 Å². The van der Waals surface area contributed by atoms with Crippen molar-refractivity contribution in [3.8, 4) is 22.0 Å². The molecule has 0 unspecified atom stereocenters. The largest absolute Gasteiger partial charge is 0.372 e. The molecule has 1 fully saturated rings. The highest BCUT2D eigenvalue weighted by Gasteiger charge is 2.12. The van der Waals surface area contributed by atoms with Crippen LogP contribution in [-0.4, -0.2) is 23.1 Å². The van der Waals surface area contributed by atoms with Crippen molar-refractivity contribution >= 4 is 17.0 Å². The summed E-state index contributed by atoms with van der Waals surface area (Å²) >= 11 is 1.64. The van der Waals surface area contributed by atoms with Crippen LogP contribution in [0, 0.1) is 0 Å². The third kappa shape index (κ3) is 2.62. The average Bonchev–Trinajstić information content (AvgIpc) is 3.28. The van der Waals surface area contributed by atoms with Gasteiger partial charge in [-0.05, 0) is 37.1 Å². The van der Waals surface area contributed by atoms with Crippen LogP contribution in [0.4, 0.5) is 5.69 Å². The number of nitrogens with zero attached hydrogens (tertiary/aromatic N) is 3. The van der Waals surface area contributed by atoms with E-state index in [1.54, 1.807) is 17.5 Å². The lowest BCUT2D eigenvalue weighted by Crippen LogP contribution is -2.17. The van der Waals surface area contributed by atoms with Gasteiger partial charge < -0.3 is 4.90 Å². The summed E-state index contributed by atoms with van der Waals surface area (Å²) in [5, 5.41) is 3.08. The Bertz CT molecular complexity index is 744. The monoisotopic (exact) mass is 307 g/mol. The first-order valence-corrected chi connectivity index (χ1v) is 8.50. The number of rotatable bonds is 3. The van der Waals surface area contributed by atoms with E-state index in [0.717, 1.165) is 16.4 Å². The molecule has 1 aliphatic heterocycles. The van der Waals surface area contributed by atoms with Gasteiger partial charge in [0.15, 0.2) is 0 Å². The zero-order valence-electron chi connectivity index (χ0n) is 12.3. The number of aromatic nitrogens is 2. The van der Waals surface area contributed by atoms with Gasteiger partial charge in [0, 0.05) is 35.9 Å². The molecule has 22 heavy (non-hydrogen) atoms. The van der Waals surface area contributed by atoms with E-state index < -0.39 is 0 Å². The molecular weight excluding hydrogens is 290 g/mol. The molecule has 0 atom stereocenters. The predicted molar refractivity (Wildman–Crippen MR) is 92.2 cm³/mol. The molecule has 1 saturated heterocycles. The summed E-state index contributed by atoms with van der Waals surface area (Å²) in [5.41, 5.74) is 4.45. The number of pyridine rings is 1. The molecule has 0 N–H and O–H groups in total. The maximum atomic E-state index is 4.72. The Morgan fingerprint density at radius 2 is 1.73 bits per heavy atom. The molecule has 3 aromatic rings. The van der Waals surface area contributed by atoms with Crippen molar-refractivity contribution in [2.45, 2.75) is 12.8 Å². The lowest BCUT2D eigenvalue weighted by Gasteiger charge is -2.17. The second-order valence-electron chi connectivity index (χ2n) is 5.49. The molecule has 2 aromatic heterocycles. The van der Waals surface area contributed by atoms with Gasteiger partial charge in [0.1, 0.15) is 5.01 Å². The number of hydrogen-bond acceptors (Lipinski definition) is 4. The highest BCUT2D eigenvalue weighted by Crippen LogP contribution is 2.29. The second kappa shape index (κ2) is 5.89. The van der Waals surface area contributed by atoms with Crippen LogP contribution >= 0.6 is 11.3 Å². The van der Waals surface area contributed by atoms with Gasteiger partial charge >= 0.3 is 0 Å². The minimum Gasteiger partial charge on any atom is -0.372 e. The molecule has 3 nitrogen and oxygen atoms in total. The summed E-state index contributed by atoms with van der Waals surface area (Å²) < 4.78 is 0. The first-order chi connectivity index (χ1) is 10.9. The lowest BCUT2D eigenvalue weighted by molar-refractivity contribution is 0.949. The molecular formula is C18H17N3S. The van der Waals surface area contributed by atoms with Crippen molar-refractivity contribution in [1.82, 2.24) is 9.97 Å². The van der Waals surface area contributed by atoms with Crippen LogP contribution in [0.1, 0.15) is 12.8 Å². The summed E-state index contributed by atoms with van der Waals surface area (Å²) in [4.78, 5) is 11.5. The molecule has 0 saturated carbocycles. The topological polar surface area (TPSA) is 29.0 Å². The molecule has 1 aromatic carbocycles. The fourth-order valence-electron chi connectivity index (χ4n) is 2.83. The number of thiazole rings is 1. The standard InChI is InChI=1S/C18H17N3S/c1-2-10-19-16(5-1)18-20-17(13-22-18)14-6-8-15(9-7-14)21-11-3-4-12-21/h1-2,5-10,13H,3-4,11-12H2. The minimum absolute atomic E-state index is 0.937. The van der Waals surface area contributed by atoms with Gasteiger partial charge in [0.05, 0.1) is 11.4 Å². The van der Waals surface area contributed by atoms with Crippen LogP contribution in [0.2, 0.25) is 0 Å². The maximum absolute atomic E-state index is 4.72. The fraction of sp³-hybridized carbons (Fsp3) is 0.222. The van der Waals surface area contributed by atoms with Crippen molar-refractivity contribution in [2.24, 2.45) is 0 Å². The molecule has 0 radical (unpaired) electrons. The van der Waals surface area contributed by atoms with E-state index >= 15 is 0 Å². The van der Waals surface area contributed by atoms with E-state index in [-0.39, 0.29) is 0 Å². The molecule has 0 spiro atoms. The zero-order valence-corrected chi connectivity index (χ0v) is 13.1. The smallest absolute Gasteiger partial charge is 0.142 e. The number of benzene rings is 1. The molecule has 4 heteroatoms. The molecule has 0 bridgehead atoms. The SMILES string of the molecule is c1ccc(-c2nc(-c3ccc(N4CCCC4)cc3)cs2)nc1. The average molecular weight is 307 g/mol. The highest BCUT2D eigenvalue weighted by molar-refractivity contribution is 7.13. The summed E-state index contributed by atoms with van der Waals surface area (Å²) in [6, 6.07) is 14.7. The lowest BCUT2D eigenvalue weighted by atomic mass is 10.1. The Kier molecular flexibility index (Phi) is 3.60. The van der Waals surface area contributed by atoms with Gasteiger partial charge in [-0.3, -0.25) is 4.98 Å². The van der Waals surface area contributed by atoms with Crippen LogP contribution in [0.15, 0.2) is 54.0 Å². The summed E-state index contributed by atoms with van der Waals surface area (Å²) in [7, 11) is 0. The number of anilines is 1. The van der Waals surface area contributed by atoms with Crippen LogP contribution < -0.4 is 4.90 Å². The summed E-state index contributed by atoms with van der Waals surface area (Å²) in [6.45, 7) is 2.36. The molecule has 0 aliphatic carbocycles. The van der Waals surface area contributed by atoms with Crippen LogP contribution in [0.5, 0.6) is 0 Å². The zero-order chi connectivity index (χ0) is 14.8. The van der Waals surface area contributed by atoms with Crippen molar-refractivity contribution in [1.29, 1.82) is 0 Å². The molecule has 0 amide bonds. The third-order valence-electron chi connectivity index (χ3n) is 4.02. The fourth-order valence-corrected chi connectivity index (χ4v) is 3.64. The molecule has 4 rings (SSSR count).